The first-order valence-corrected chi connectivity index (χ1v) is 6.87. The van der Waals surface area contributed by atoms with Crippen LogP contribution in [-0.4, -0.2) is 41.1 Å². The lowest BCUT2D eigenvalue weighted by Gasteiger charge is -2.39. The van der Waals surface area contributed by atoms with Crippen LogP contribution >= 0.6 is 0 Å². The Morgan fingerprint density at radius 2 is 1.78 bits per heavy atom. The van der Waals surface area contributed by atoms with E-state index >= 15 is 0 Å². The van der Waals surface area contributed by atoms with Gasteiger partial charge in [0, 0.05) is 6.54 Å². The fourth-order valence-corrected chi connectivity index (χ4v) is 2.52. The summed E-state index contributed by atoms with van der Waals surface area (Å²) in [7, 11) is 0. The molecule has 0 saturated carbocycles. The summed E-state index contributed by atoms with van der Waals surface area (Å²) < 4.78 is 0. The van der Waals surface area contributed by atoms with Gasteiger partial charge < -0.3 is 15.7 Å². The third-order valence-corrected chi connectivity index (χ3v) is 4.25. The van der Waals surface area contributed by atoms with Gasteiger partial charge in [-0.1, -0.05) is 20.8 Å². The Morgan fingerprint density at radius 3 is 2.17 bits per heavy atom. The summed E-state index contributed by atoms with van der Waals surface area (Å²) in [6.07, 6.45) is 2.93. The number of carbonyl (C=O) groups is 1. The average molecular weight is 256 g/mol. The Kier molecular flexibility index (Phi) is 4.78. The molecule has 18 heavy (non-hydrogen) atoms. The highest BCUT2D eigenvalue weighted by Crippen LogP contribution is 2.34. The van der Waals surface area contributed by atoms with Crippen LogP contribution in [0, 0.1) is 11.3 Å². The number of piperidine rings is 1. The summed E-state index contributed by atoms with van der Waals surface area (Å²) in [6, 6.07) is 0. The van der Waals surface area contributed by atoms with Crippen LogP contribution in [-0.2, 0) is 4.79 Å². The summed E-state index contributed by atoms with van der Waals surface area (Å²) in [5.41, 5.74) is 5.04. The Bertz CT molecular complexity index is 287. The molecule has 0 aromatic rings. The van der Waals surface area contributed by atoms with E-state index in [1.165, 1.54) is 12.8 Å². The number of carboxylic acids is 1. The number of rotatable bonds is 4. The highest BCUT2D eigenvalue weighted by Gasteiger charge is 2.31. The normalized spacial score (nSPS) is 22.7. The lowest BCUT2D eigenvalue weighted by atomic mass is 9.75. The minimum Gasteiger partial charge on any atom is -0.480 e. The number of hydrogen-bond donors (Lipinski definition) is 2. The van der Waals surface area contributed by atoms with E-state index in [-0.39, 0.29) is 0 Å². The quantitative estimate of drug-likeness (QED) is 0.806. The lowest BCUT2D eigenvalue weighted by Crippen LogP contribution is -2.48. The van der Waals surface area contributed by atoms with Gasteiger partial charge in [-0.3, -0.25) is 4.79 Å². The van der Waals surface area contributed by atoms with Crippen LogP contribution in [0.15, 0.2) is 0 Å². The van der Waals surface area contributed by atoms with E-state index in [2.05, 4.69) is 25.7 Å². The largest absolute Gasteiger partial charge is 0.480 e. The molecular formula is C14H28N2O2. The SMILES string of the molecule is CC(N)(CCN1CCC(C(C)(C)C)CC1)C(=O)O. The molecule has 0 bridgehead atoms. The Hall–Kier alpha value is -0.610. The fraction of sp³-hybridized carbons (Fsp3) is 0.929. The zero-order chi connectivity index (χ0) is 14.0. The van der Waals surface area contributed by atoms with Gasteiger partial charge in [-0.25, -0.2) is 0 Å². The topological polar surface area (TPSA) is 66.6 Å². The molecule has 4 heteroatoms. The molecule has 1 aliphatic rings. The molecule has 1 fully saturated rings. The molecule has 0 aliphatic carbocycles. The molecule has 1 unspecified atom stereocenters. The van der Waals surface area contributed by atoms with Crippen LogP contribution in [0.3, 0.4) is 0 Å². The summed E-state index contributed by atoms with van der Waals surface area (Å²) in [5, 5.41) is 8.98. The molecule has 0 aromatic carbocycles. The number of nitrogens with two attached hydrogens (primary N) is 1. The summed E-state index contributed by atoms with van der Waals surface area (Å²) in [6.45, 7) is 11.4. The maximum absolute atomic E-state index is 10.9. The van der Waals surface area contributed by atoms with Crippen molar-refractivity contribution in [3.63, 3.8) is 0 Å². The molecule has 0 radical (unpaired) electrons. The van der Waals surface area contributed by atoms with Crippen molar-refractivity contribution in [3.8, 4) is 0 Å². The molecule has 3 N–H and O–H groups in total. The summed E-state index contributed by atoms with van der Waals surface area (Å²) in [4.78, 5) is 13.3. The summed E-state index contributed by atoms with van der Waals surface area (Å²) >= 11 is 0. The molecule has 0 amide bonds. The molecule has 1 heterocycles. The molecule has 1 saturated heterocycles. The van der Waals surface area contributed by atoms with Crippen molar-refractivity contribution in [2.45, 2.75) is 52.5 Å². The number of aliphatic carboxylic acids is 1. The summed E-state index contributed by atoms with van der Waals surface area (Å²) in [5.74, 6) is -0.135. The Labute approximate surface area is 111 Å². The zero-order valence-corrected chi connectivity index (χ0v) is 12.2. The van der Waals surface area contributed by atoms with E-state index in [4.69, 9.17) is 10.8 Å². The number of carboxylic acid groups (broad SMARTS) is 1. The highest BCUT2D eigenvalue weighted by molar-refractivity contribution is 5.77. The van der Waals surface area contributed by atoms with E-state index in [1.54, 1.807) is 6.92 Å². The van der Waals surface area contributed by atoms with Crippen LogP contribution in [0.4, 0.5) is 0 Å². The monoisotopic (exact) mass is 256 g/mol. The third kappa shape index (κ3) is 4.25. The van der Waals surface area contributed by atoms with Gasteiger partial charge in [-0.2, -0.15) is 0 Å². The molecule has 1 aliphatic heterocycles. The first kappa shape index (κ1) is 15.4. The van der Waals surface area contributed by atoms with Crippen LogP contribution in [0.2, 0.25) is 0 Å². The Balaban J connectivity index is 2.35. The molecule has 106 valence electrons. The van der Waals surface area contributed by atoms with E-state index in [0.29, 0.717) is 11.8 Å². The van der Waals surface area contributed by atoms with Crippen molar-refractivity contribution in [3.05, 3.63) is 0 Å². The minimum absolute atomic E-state index is 0.384. The lowest BCUT2D eigenvalue weighted by molar-refractivity contribution is -0.143. The standard InChI is InChI=1S/C14H28N2O2/c1-13(2,3)11-5-8-16(9-6-11)10-7-14(4,15)12(17)18/h11H,5-10,15H2,1-4H3,(H,17,18). The van der Waals surface area contributed by atoms with Gasteiger partial charge in [0.15, 0.2) is 0 Å². The second kappa shape index (κ2) is 5.57. The van der Waals surface area contributed by atoms with Gasteiger partial charge in [0.2, 0.25) is 0 Å². The second-order valence-corrected chi connectivity index (χ2v) is 6.95. The van der Waals surface area contributed by atoms with E-state index in [9.17, 15) is 4.79 Å². The zero-order valence-electron chi connectivity index (χ0n) is 12.2. The van der Waals surface area contributed by atoms with Crippen molar-refractivity contribution in [2.75, 3.05) is 19.6 Å². The molecule has 0 spiro atoms. The van der Waals surface area contributed by atoms with E-state index in [0.717, 1.165) is 25.6 Å². The third-order valence-electron chi connectivity index (χ3n) is 4.25. The second-order valence-electron chi connectivity index (χ2n) is 6.95. The van der Waals surface area contributed by atoms with Gasteiger partial charge in [0.25, 0.3) is 0 Å². The molecule has 4 nitrogen and oxygen atoms in total. The van der Waals surface area contributed by atoms with Crippen molar-refractivity contribution < 1.29 is 9.90 Å². The number of likely N-dealkylation sites (tertiary alicyclic amines) is 1. The minimum atomic E-state index is -1.10. The fourth-order valence-electron chi connectivity index (χ4n) is 2.52. The average Bonchev–Trinajstić information content (AvgIpc) is 2.25. The Morgan fingerprint density at radius 1 is 1.28 bits per heavy atom. The highest BCUT2D eigenvalue weighted by atomic mass is 16.4. The van der Waals surface area contributed by atoms with Gasteiger partial charge in [0.05, 0.1) is 0 Å². The van der Waals surface area contributed by atoms with Crippen LogP contribution in [0.1, 0.15) is 47.0 Å². The van der Waals surface area contributed by atoms with Crippen molar-refractivity contribution >= 4 is 5.97 Å². The molecule has 0 aromatic heterocycles. The van der Waals surface area contributed by atoms with Crippen LogP contribution < -0.4 is 5.73 Å². The van der Waals surface area contributed by atoms with Crippen molar-refractivity contribution in [2.24, 2.45) is 17.1 Å². The maximum Gasteiger partial charge on any atom is 0.323 e. The van der Waals surface area contributed by atoms with Gasteiger partial charge in [0.1, 0.15) is 5.54 Å². The molecule has 1 atom stereocenters. The maximum atomic E-state index is 10.9. The van der Waals surface area contributed by atoms with Gasteiger partial charge in [-0.05, 0) is 50.6 Å². The smallest absolute Gasteiger partial charge is 0.323 e. The predicted molar refractivity (Wildman–Crippen MR) is 73.5 cm³/mol. The van der Waals surface area contributed by atoms with Gasteiger partial charge >= 0.3 is 5.97 Å². The van der Waals surface area contributed by atoms with Crippen molar-refractivity contribution in [1.29, 1.82) is 0 Å². The van der Waals surface area contributed by atoms with Crippen molar-refractivity contribution in [1.82, 2.24) is 4.90 Å². The number of hydrogen-bond acceptors (Lipinski definition) is 3. The van der Waals surface area contributed by atoms with Gasteiger partial charge in [-0.15, -0.1) is 0 Å². The predicted octanol–water partition coefficient (Wildman–Crippen LogP) is 1.94. The first-order valence-electron chi connectivity index (χ1n) is 6.87. The molecule has 1 rings (SSSR count). The first-order chi connectivity index (χ1) is 8.13. The molecular weight excluding hydrogens is 228 g/mol. The van der Waals surface area contributed by atoms with Crippen LogP contribution in [0.5, 0.6) is 0 Å². The van der Waals surface area contributed by atoms with E-state index in [1.807, 2.05) is 0 Å². The van der Waals surface area contributed by atoms with E-state index < -0.39 is 11.5 Å². The number of nitrogens with zero attached hydrogens (tertiary/aromatic N) is 1. The van der Waals surface area contributed by atoms with Crippen LogP contribution in [0.25, 0.3) is 0 Å².